The Morgan fingerprint density at radius 2 is 1.70 bits per heavy atom. The molecule has 33 heavy (non-hydrogen) atoms. The van der Waals surface area contributed by atoms with Crippen LogP contribution in [0.5, 0.6) is 5.88 Å². The minimum Gasteiger partial charge on any atom is -0.493 e. The average Bonchev–Trinajstić information content (AvgIpc) is 3.08. The predicted octanol–water partition coefficient (Wildman–Crippen LogP) is 5.44. The fourth-order valence-electron chi connectivity index (χ4n) is 3.88. The van der Waals surface area contributed by atoms with Gasteiger partial charge in [0.15, 0.2) is 11.4 Å². The van der Waals surface area contributed by atoms with Gasteiger partial charge < -0.3 is 9.67 Å². The van der Waals surface area contributed by atoms with E-state index in [1.54, 1.807) is 28.8 Å². The molecular formula is C25H27N5O3. The van der Waals surface area contributed by atoms with Crippen LogP contribution in [0.15, 0.2) is 63.6 Å². The van der Waals surface area contributed by atoms with Crippen molar-refractivity contribution in [2.45, 2.75) is 46.7 Å². The second kappa shape index (κ2) is 9.36. The molecule has 0 unspecified atom stereocenters. The number of carbonyl (C=O) groups excluding carboxylic acids is 1. The van der Waals surface area contributed by atoms with E-state index < -0.39 is 5.91 Å². The Balaban J connectivity index is 1.77. The fourth-order valence-corrected chi connectivity index (χ4v) is 3.88. The first-order chi connectivity index (χ1) is 15.9. The van der Waals surface area contributed by atoms with Crippen LogP contribution in [0.4, 0.5) is 5.69 Å². The van der Waals surface area contributed by atoms with Crippen LogP contribution in [0.3, 0.4) is 0 Å². The lowest BCUT2D eigenvalue weighted by Crippen LogP contribution is -2.25. The summed E-state index contributed by atoms with van der Waals surface area (Å²) < 4.78 is 3.09. The molecule has 0 atom stereocenters. The highest BCUT2D eigenvalue weighted by Crippen LogP contribution is 2.39. The standard InChI is InChI=1S/C25H27N5O3/c1-4-14-30-24(32)18-10-6-5-9-17(18)21(28-30)23(31)27-26-22-19-11-7-8-12-20(19)29(25(22)33)15-13-16(2)3/h5-12,16,33H,4,13-15H2,1-3H3. The normalized spacial score (nSPS) is 11.9. The Labute approximate surface area is 191 Å². The lowest BCUT2D eigenvalue weighted by molar-refractivity contribution is 0.0989. The van der Waals surface area contributed by atoms with Gasteiger partial charge in [-0.15, -0.1) is 10.2 Å². The van der Waals surface area contributed by atoms with Gasteiger partial charge in [0.25, 0.3) is 5.56 Å². The molecule has 0 saturated heterocycles. The zero-order valence-corrected chi connectivity index (χ0v) is 19.0. The van der Waals surface area contributed by atoms with Gasteiger partial charge in [-0.05, 0) is 30.9 Å². The summed E-state index contributed by atoms with van der Waals surface area (Å²) in [5.74, 6) is -0.230. The molecule has 0 radical (unpaired) electrons. The van der Waals surface area contributed by atoms with Gasteiger partial charge in [0, 0.05) is 23.9 Å². The van der Waals surface area contributed by atoms with E-state index in [1.165, 1.54) is 4.68 Å². The van der Waals surface area contributed by atoms with E-state index in [-0.39, 0.29) is 22.8 Å². The number of rotatable bonds is 7. The van der Waals surface area contributed by atoms with Crippen LogP contribution in [0.2, 0.25) is 0 Å². The van der Waals surface area contributed by atoms with Gasteiger partial charge in [0.05, 0.1) is 10.9 Å². The molecule has 0 aliphatic carbocycles. The number of amides is 1. The molecule has 1 amide bonds. The zero-order chi connectivity index (χ0) is 23.5. The summed E-state index contributed by atoms with van der Waals surface area (Å²) in [5.41, 5.74) is 0.892. The summed E-state index contributed by atoms with van der Waals surface area (Å²) in [4.78, 5) is 25.7. The van der Waals surface area contributed by atoms with Gasteiger partial charge in [0.2, 0.25) is 5.88 Å². The first-order valence-electron chi connectivity index (χ1n) is 11.2. The third-order valence-electron chi connectivity index (χ3n) is 5.59. The molecular weight excluding hydrogens is 418 g/mol. The number of hydrogen-bond acceptors (Lipinski definition) is 5. The van der Waals surface area contributed by atoms with Gasteiger partial charge in [0.1, 0.15) is 0 Å². The molecule has 0 aliphatic heterocycles. The number of nitrogens with zero attached hydrogens (tertiary/aromatic N) is 5. The molecule has 170 valence electrons. The van der Waals surface area contributed by atoms with Crippen molar-refractivity contribution >= 4 is 33.3 Å². The van der Waals surface area contributed by atoms with Crippen LogP contribution in [0.1, 0.15) is 44.1 Å². The van der Waals surface area contributed by atoms with Crippen molar-refractivity contribution in [3.8, 4) is 5.88 Å². The topological polar surface area (TPSA) is 102 Å². The van der Waals surface area contributed by atoms with Crippen molar-refractivity contribution in [3.05, 3.63) is 64.6 Å². The minimum atomic E-state index is -0.672. The Morgan fingerprint density at radius 3 is 2.39 bits per heavy atom. The number of hydrogen-bond donors (Lipinski definition) is 1. The second-order valence-corrected chi connectivity index (χ2v) is 8.45. The maximum absolute atomic E-state index is 13.0. The SMILES string of the molecule is CCCn1nc(C(=O)N=Nc2c(O)n(CCC(C)C)c3ccccc23)c2ccccc2c1=O. The number of para-hydroxylation sites is 1. The molecule has 2 aromatic heterocycles. The van der Waals surface area contributed by atoms with Crippen molar-refractivity contribution < 1.29 is 9.90 Å². The van der Waals surface area contributed by atoms with E-state index in [2.05, 4.69) is 29.2 Å². The number of aryl methyl sites for hydroxylation is 2. The molecule has 0 fully saturated rings. The molecule has 0 bridgehead atoms. The van der Waals surface area contributed by atoms with Crippen LogP contribution in [0, 0.1) is 5.92 Å². The van der Waals surface area contributed by atoms with Crippen LogP contribution in [0.25, 0.3) is 21.7 Å². The number of fused-ring (bicyclic) bond motifs is 2. The zero-order valence-electron chi connectivity index (χ0n) is 19.0. The molecule has 8 nitrogen and oxygen atoms in total. The molecule has 2 heterocycles. The number of azo groups is 1. The molecule has 4 aromatic rings. The molecule has 4 rings (SSSR count). The van der Waals surface area contributed by atoms with Gasteiger partial charge in [-0.3, -0.25) is 9.59 Å². The highest BCUT2D eigenvalue weighted by molar-refractivity contribution is 6.05. The Bertz CT molecular complexity index is 1420. The number of aromatic hydroxyl groups is 1. The third-order valence-corrected chi connectivity index (χ3v) is 5.59. The number of aromatic nitrogens is 3. The van der Waals surface area contributed by atoms with Crippen molar-refractivity contribution in [3.63, 3.8) is 0 Å². The van der Waals surface area contributed by atoms with E-state index in [4.69, 9.17) is 0 Å². The molecule has 1 N–H and O–H groups in total. The summed E-state index contributed by atoms with van der Waals surface area (Å²) in [6.45, 7) is 7.20. The average molecular weight is 446 g/mol. The summed E-state index contributed by atoms with van der Waals surface area (Å²) in [5, 5.41) is 24.7. The maximum Gasteiger partial charge on any atom is 0.316 e. The van der Waals surface area contributed by atoms with Crippen molar-refractivity contribution in [2.75, 3.05) is 0 Å². The van der Waals surface area contributed by atoms with Gasteiger partial charge in [-0.25, -0.2) is 4.68 Å². The van der Waals surface area contributed by atoms with Gasteiger partial charge >= 0.3 is 5.91 Å². The smallest absolute Gasteiger partial charge is 0.316 e. The quantitative estimate of drug-likeness (QED) is 0.383. The van der Waals surface area contributed by atoms with Gasteiger partial charge in [-0.2, -0.15) is 5.10 Å². The van der Waals surface area contributed by atoms with E-state index in [9.17, 15) is 14.7 Å². The van der Waals surface area contributed by atoms with Crippen LogP contribution in [-0.4, -0.2) is 25.4 Å². The van der Waals surface area contributed by atoms with E-state index >= 15 is 0 Å². The number of carbonyl (C=O) groups is 1. The second-order valence-electron chi connectivity index (χ2n) is 8.45. The van der Waals surface area contributed by atoms with Crippen molar-refractivity contribution in [1.29, 1.82) is 0 Å². The predicted molar refractivity (Wildman–Crippen MR) is 128 cm³/mol. The highest BCUT2D eigenvalue weighted by atomic mass is 16.3. The summed E-state index contributed by atoms with van der Waals surface area (Å²) in [7, 11) is 0. The molecule has 0 aliphatic rings. The van der Waals surface area contributed by atoms with E-state index in [0.29, 0.717) is 41.6 Å². The monoisotopic (exact) mass is 445 g/mol. The molecule has 2 aromatic carbocycles. The lowest BCUT2D eigenvalue weighted by Gasteiger charge is -2.08. The largest absolute Gasteiger partial charge is 0.493 e. The summed E-state index contributed by atoms with van der Waals surface area (Å²) >= 11 is 0. The summed E-state index contributed by atoms with van der Waals surface area (Å²) in [6.07, 6.45) is 1.58. The Morgan fingerprint density at radius 1 is 1.03 bits per heavy atom. The van der Waals surface area contributed by atoms with Crippen LogP contribution < -0.4 is 5.56 Å². The molecule has 0 saturated carbocycles. The highest BCUT2D eigenvalue weighted by Gasteiger charge is 2.19. The Kier molecular flexibility index (Phi) is 6.35. The molecule has 0 spiro atoms. The first-order valence-corrected chi connectivity index (χ1v) is 11.2. The van der Waals surface area contributed by atoms with Gasteiger partial charge in [-0.1, -0.05) is 57.2 Å². The fraction of sp³-hybridized carbons (Fsp3) is 0.320. The van der Waals surface area contributed by atoms with Crippen molar-refractivity contribution in [2.24, 2.45) is 16.1 Å². The maximum atomic E-state index is 13.0. The molecule has 8 heteroatoms. The minimum absolute atomic E-state index is 0.0258. The van der Waals surface area contributed by atoms with Crippen LogP contribution >= 0.6 is 0 Å². The summed E-state index contributed by atoms with van der Waals surface area (Å²) in [6, 6.07) is 14.3. The lowest BCUT2D eigenvalue weighted by atomic mass is 10.1. The third kappa shape index (κ3) is 4.28. The number of benzene rings is 2. The van der Waals surface area contributed by atoms with E-state index in [0.717, 1.165) is 11.9 Å². The first kappa shape index (κ1) is 22.4. The van der Waals surface area contributed by atoms with Crippen LogP contribution in [-0.2, 0) is 13.1 Å². The van der Waals surface area contributed by atoms with E-state index in [1.807, 2.05) is 31.2 Å². The Hall–Kier alpha value is -3.81. The van der Waals surface area contributed by atoms with Crippen molar-refractivity contribution in [1.82, 2.24) is 14.3 Å².